The Kier molecular flexibility index (Phi) is 3.60. The van der Waals surface area contributed by atoms with Crippen LogP contribution in [-0.4, -0.2) is 18.9 Å². The SMILES string of the molecule is Cc1ccc(C(=N)N)cc1OCC(F)F. The van der Waals surface area contributed by atoms with Crippen molar-refractivity contribution in [3.05, 3.63) is 29.3 Å². The van der Waals surface area contributed by atoms with Crippen molar-refractivity contribution in [1.82, 2.24) is 0 Å². The smallest absolute Gasteiger partial charge is 0.272 e. The molecule has 0 spiro atoms. The summed E-state index contributed by atoms with van der Waals surface area (Å²) < 4.78 is 28.7. The van der Waals surface area contributed by atoms with Crippen molar-refractivity contribution in [2.75, 3.05) is 6.61 Å². The lowest BCUT2D eigenvalue weighted by Crippen LogP contribution is -2.12. The van der Waals surface area contributed by atoms with Crippen LogP contribution in [0.4, 0.5) is 8.78 Å². The van der Waals surface area contributed by atoms with E-state index in [-0.39, 0.29) is 5.84 Å². The third-order valence-electron chi connectivity index (χ3n) is 1.86. The molecule has 0 aromatic heterocycles. The summed E-state index contributed by atoms with van der Waals surface area (Å²) in [6.07, 6.45) is -2.51. The molecular formula is C10H12F2N2O. The topological polar surface area (TPSA) is 59.1 Å². The van der Waals surface area contributed by atoms with Gasteiger partial charge in [-0.2, -0.15) is 0 Å². The van der Waals surface area contributed by atoms with Gasteiger partial charge in [0.2, 0.25) is 0 Å². The molecule has 0 unspecified atom stereocenters. The Bertz CT molecular complexity index is 366. The first-order chi connectivity index (χ1) is 7.00. The third kappa shape index (κ3) is 3.19. The maximum atomic E-state index is 11.9. The van der Waals surface area contributed by atoms with Crippen LogP contribution in [0.2, 0.25) is 0 Å². The van der Waals surface area contributed by atoms with Gasteiger partial charge in [0.25, 0.3) is 6.43 Å². The van der Waals surface area contributed by atoms with Crippen molar-refractivity contribution in [3.63, 3.8) is 0 Å². The average Bonchev–Trinajstić information content (AvgIpc) is 2.16. The normalized spacial score (nSPS) is 10.4. The van der Waals surface area contributed by atoms with Gasteiger partial charge < -0.3 is 10.5 Å². The summed E-state index contributed by atoms with van der Waals surface area (Å²) in [6.45, 7) is 1.09. The maximum absolute atomic E-state index is 11.9. The molecule has 0 aliphatic carbocycles. The van der Waals surface area contributed by atoms with Gasteiger partial charge in [-0.15, -0.1) is 0 Å². The molecule has 0 saturated heterocycles. The van der Waals surface area contributed by atoms with Crippen LogP contribution in [0.15, 0.2) is 18.2 Å². The Labute approximate surface area is 86.4 Å². The molecule has 0 heterocycles. The van der Waals surface area contributed by atoms with Crippen molar-refractivity contribution in [2.45, 2.75) is 13.3 Å². The Morgan fingerprint density at radius 2 is 2.20 bits per heavy atom. The molecule has 1 rings (SSSR count). The molecule has 3 nitrogen and oxygen atoms in total. The molecule has 1 aromatic rings. The van der Waals surface area contributed by atoms with Gasteiger partial charge in [0.05, 0.1) is 0 Å². The van der Waals surface area contributed by atoms with Crippen LogP contribution in [0.25, 0.3) is 0 Å². The number of halogens is 2. The highest BCUT2D eigenvalue weighted by molar-refractivity contribution is 5.95. The van der Waals surface area contributed by atoms with Gasteiger partial charge in [-0.3, -0.25) is 5.41 Å². The van der Waals surface area contributed by atoms with Crippen LogP contribution in [0.1, 0.15) is 11.1 Å². The van der Waals surface area contributed by atoms with E-state index in [2.05, 4.69) is 0 Å². The van der Waals surface area contributed by atoms with Crippen LogP contribution >= 0.6 is 0 Å². The lowest BCUT2D eigenvalue weighted by Gasteiger charge is -2.09. The first kappa shape index (κ1) is 11.4. The predicted octanol–water partition coefficient (Wildman–Crippen LogP) is 1.92. The summed E-state index contributed by atoms with van der Waals surface area (Å²) in [6, 6.07) is 4.81. The van der Waals surface area contributed by atoms with Crippen LogP contribution in [0.5, 0.6) is 5.75 Å². The highest BCUT2D eigenvalue weighted by Crippen LogP contribution is 2.19. The van der Waals surface area contributed by atoms with Gasteiger partial charge in [-0.05, 0) is 18.6 Å². The van der Waals surface area contributed by atoms with E-state index >= 15 is 0 Å². The largest absolute Gasteiger partial charge is 0.487 e. The number of nitrogens with one attached hydrogen (secondary N) is 1. The molecule has 1 aromatic carbocycles. The van der Waals surface area contributed by atoms with E-state index in [9.17, 15) is 8.78 Å². The molecule has 0 radical (unpaired) electrons. The van der Waals surface area contributed by atoms with Gasteiger partial charge in [-0.1, -0.05) is 12.1 Å². The number of nitrogen functional groups attached to an aromatic ring is 1. The van der Waals surface area contributed by atoms with Crippen LogP contribution < -0.4 is 10.5 Å². The molecule has 0 fully saturated rings. The Morgan fingerprint density at radius 1 is 1.53 bits per heavy atom. The summed E-state index contributed by atoms with van der Waals surface area (Å²) in [5.74, 6) is 0.222. The predicted molar refractivity (Wildman–Crippen MR) is 53.7 cm³/mol. The van der Waals surface area contributed by atoms with Crippen LogP contribution in [0, 0.1) is 12.3 Å². The number of hydrogen-bond donors (Lipinski definition) is 2. The highest BCUT2D eigenvalue weighted by atomic mass is 19.3. The number of ether oxygens (including phenoxy) is 1. The van der Waals surface area contributed by atoms with E-state index in [1.54, 1.807) is 19.1 Å². The number of hydrogen-bond acceptors (Lipinski definition) is 2. The van der Waals surface area contributed by atoms with Gasteiger partial charge in [-0.25, -0.2) is 8.78 Å². The van der Waals surface area contributed by atoms with Crippen LogP contribution in [0.3, 0.4) is 0 Å². The number of amidine groups is 1. The number of nitrogens with two attached hydrogens (primary N) is 1. The van der Waals surface area contributed by atoms with E-state index in [1.165, 1.54) is 6.07 Å². The van der Waals surface area contributed by atoms with E-state index in [0.29, 0.717) is 11.3 Å². The monoisotopic (exact) mass is 214 g/mol. The van der Waals surface area contributed by atoms with Gasteiger partial charge in [0.1, 0.15) is 18.2 Å². The second-order valence-corrected chi connectivity index (χ2v) is 3.10. The minimum absolute atomic E-state index is 0.114. The fraction of sp³-hybridized carbons (Fsp3) is 0.300. The Hall–Kier alpha value is -1.65. The molecule has 0 bridgehead atoms. The summed E-state index contributed by atoms with van der Waals surface area (Å²) in [5.41, 5.74) is 6.47. The third-order valence-corrected chi connectivity index (χ3v) is 1.86. The highest BCUT2D eigenvalue weighted by Gasteiger charge is 2.07. The quantitative estimate of drug-likeness (QED) is 0.594. The molecule has 82 valence electrons. The fourth-order valence-electron chi connectivity index (χ4n) is 1.08. The van der Waals surface area contributed by atoms with E-state index in [0.717, 1.165) is 5.56 Å². The summed E-state index contributed by atoms with van der Waals surface area (Å²) >= 11 is 0. The minimum Gasteiger partial charge on any atom is -0.487 e. The molecule has 0 aliphatic rings. The lowest BCUT2D eigenvalue weighted by molar-refractivity contribution is 0.0816. The summed E-state index contributed by atoms with van der Waals surface area (Å²) in [4.78, 5) is 0. The van der Waals surface area contributed by atoms with Crippen molar-refractivity contribution in [2.24, 2.45) is 5.73 Å². The lowest BCUT2D eigenvalue weighted by atomic mass is 10.1. The molecule has 5 heteroatoms. The Balaban J connectivity index is 2.85. The molecule has 0 amide bonds. The maximum Gasteiger partial charge on any atom is 0.272 e. The minimum atomic E-state index is -2.51. The zero-order chi connectivity index (χ0) is 11.4. The zero-order valence-corrected chi connectivity index (χ0v) is 8.26. The first-order valence-corrected chi connectivity index (χ1v) is 4.36. The van der Waals surface area contributed by atoms with E-state index in [1.807, 2.05) is 0 Å². The van der Waals surface area contributed by atoms with Crippen molar-refractivity contribution >= 4 is 5.84 Å². The molecule has 0 saturated carbocycles. The van der Waals surface area contributed by atoms with Gasteiger partial charge in [0, 0.05) is 5.56 Å². The van der Waals surface area contributed by atoms with Crippen LogP contribution in [-0.2, 0) is 0 Å². The number of rotatable bonds is 4. The van der Waals surface area contributed by atoms with Gasteiger partial charge in [0.15, 0.2) is 0 Å². The first-order valence-electron chi connectivity index (χ1n) is 4.36. The van der Waals surface area contributed by atoms with Crippen molar-refractivity contribution < 1.29 is 13.5 Å². The van der Waals surface area contributed by atoms with Crippen molar-refractivity contribution in [1.29, 1.82) is 5.41 Å². The fourth-order valence-corrected chi connectivity index (χ4v) is 1.08. The zero-order valence-electron chi connectivity index (χ0n) is 8.26. The average molecular weight is 214 g/mol. The molecule has 15 heavy (non-hydrogen) atoms. The summed E-state index contributed by atoms with van der Waals surface area (Å²) in [5, 5.41) is 7.19. The second kappa shape index (κ2) is 4.72. The standard InChI is InChI=1S/C10H12F2N2O/c1-6-2-3-7(10(13)14)4-8(6)15-5-9(11)12/h2-4,9H,5H2,1H3,(H3,13,14). The number of alkyl halides is 2. The second-order valence-electron chi connectivity index (χ2n) is 3.10. The number of aryl methyl sites for hydroxylation is 1. The van der Waals surface area contributed by atoms with E-state index in [4.69, 9.17) is 15.9 Å². The summed E-state index contributed by atoms with van der Waals surface area (Å²) in [7, 11) is 0. The van der Waals surface area contributed by atoms with E-state index < -0.39 is 13.0 Å². The number of benzene rings is 1. The molecule has 0 atom stereocenters. The molecule has 3 N–H and O–H groups in total. The van der Waals surface area contributed by atoms with Gasteiger partial charge >= 0.3 is 0 Å². The molecule has 0 aliphatic heterocycles. The Morgan fingerprint density at radius 3 is 2.73 bits per heavy atom. The molecular weight excluding hydrogens is 202 g/mol. The van der Waals surface area contributed by atoms with Crippen molar-refractivity contribution in [3.8, 4) is 5.75 Å².